The first-order chi connectivity index (χ1) is 20.3. The number of rotatable bonds is 10. The highest BCUT2D eigenvalue weighted by molar-refractivity contribution is 5.94. The van der Waals surface area contributed by atoms with Crippen LogP contribution in [0.1, 0.15) is 44.0 Å². The smallest absolute Gasteiger partial charge is 0.265 e. The number of piperazine rings is 1. The number of anilines is 1. The molecule has 0 radical (unpaired) electrons. The third kappa shape index (κ3) is 7.03. The molecular formula is C31H42N6O5. The van der Waals surface area contributed by atoms with Crippen molar-refractivity contribution < 1.29 is 24.1 Å². The van der Waals surface area contributed by atoms with Crippen LogP contribution < -0.4 is 29.9 Å². The highest BCUT2D eigenvalue weighted by Crippen LogP contribution is 2.37. The number of aliphatic hydroxyl groups is 1. The number of piperidine rings is 1. The number of aromatic nitrogens is 2. The summed E-state index contributed by atoms with van der Waals surface area (Å²) >= 11 is 0. The summed E-state index contributed by atoms with van der Waals surface area (Å²) in [4.78, 5) is 24.1. The van der Waals surface area contributed by atoms with Gasteiger partial charge >= 0.3 is 0 Å². The molecule has 11 heteroatoms. The van der Waals surface area contributed by atoms with Crippen molar-refractivity contribution in [1.29, 1.82) is 0 Å². The van der Waals surface area contributed by atoms with E-state index in [0.717, 1.165) is 48.4 Å². The van der Waals surface area contributed by atoms with Gasteiger partial charge in [0.15, 0.2) is 11.5 Å². The monoisotopic (exact) mass is 578 g/mol. The van der Waals surface area contributed by atoms with Crippen molar-refractivity contribution in [3.8, 4) is 17.2 Å². The van der Waals surface area contributed by atoms with Gasteiger partial charge in [-0.25, -0.2) is 15.0 Å². The molecule has 226 valence electrons. The average Bonchev–Trinajstić information content (AvgIpc) is 3.00. The number of nitrogens with one attached hydrogen (secondary N) is 2. The van der Waals surface area contributed by atoms with Crippen LogP contribution in [-0.4, -0.2) is 90.7 Å². The topological polar surface area (TPSA) is 121 Å². The Hall–Kier alpha value is -3.67. The van der Waals surface area contributed by atoms with E-state index in [1.807, 2.05) is 43.1 Å². The molecule has 42 heavy (non-hydrogen) atoms. The van der Waals surface area contributed by atoms with Gasteiger partial charge in [-0.1, -0.05) is 0 Å². The largest absolute Gasteiger partial charge is 0.493 e. The van der Waals surface area contributed by atoms with E-state index in [1.165, 1.54) is 0 Å². The van der Waals surface area contributed by atoms with Gasteiger partial charge in [0.05, 0.1) is 24.8 Å². The van der Waals surface area contributed by atoms with Gasteiger partial charge in [-0.2, -0.15) is 0 Å². The van der Waals surface area contributed by atoms with Crippen molar-refractivity contribution in [2.45, 2.75) is 51.9 Å². The Labute approximate surface area is 247 Å². The second-order valence-corrected chi connectivity index (χ2v) is 11.3. The number of amides is 1. The predicted octanol–water partition coefficient (Wildman–Crippen LogP) is 3.02. The molecule has 1 aromatic heterocycles. The maximum Gasteiger partial charge on any atom is 0.265 e. The van der Waals surface area contributed by atoms with Gasteiger partial charge in [0, 0.05) is 55.7 Å². The number of aliphatic hydroxyl groups excluding tert-OH is 1. The van der Waals surface area contributed by atoms with Crippen LogP contribution in [0.5, 0.6) is 17.2 Å². The Bertz CT molecular complexity index is 1340. The summed E-state index contributed by atoms with van der Waals surface area (Å²) in [7, 11) is 1.61. The quantitative estimate of drug-likeness (QED) is 0.331. The Morgan fingerprint density at radius 2 is 1.81 bits per heavy atom. The number of fused-ring (bicyclic) bond motifs is 1. The number of hydrazine groups is 1. The van der Waals surface area contributed by atoms with E-state index < -0.39 is 6.10 Å². The second kappa shape index (κ2) is 13.5. The van der Waals surface area contributed by atoms with Crippen molar-refractivity contribution in [3.05, 3.63) is 48.3 Å². The lowest BCUT2D eigenvalue weighted by molar-refractivity contribution is 0.00250. The molecule has 11 nitrogen and oxygen atoms in total. The summed E-state index contributed by atoms with van der Waals surface area (Å²) < 4.78 is 17.8. The van der Waals surface area contributed by atoms with Crippen LogP contribution in [0.15, 0.2) is 42.7 Å². The van der Waals surface area contributed by atoms with Gasteiger partial charge in [-0.15, -0.1) is 0 Å². The summed E-state index contributed by atoms with van der Waals surface area (Å²) in [5, 5.41) is 16.7. The van der Waals surface area contributed by atoms with Crippen molar-refractivity contribution in [1.82, 2.24) is 25.7 Å². The second-order valence-electron chi connectivity index (χ2n) is 11.3. The molecule has 2 aromatic carbocycles. The van der Waals surface area contributed by atoms with E-state index in [-0.39, 0.29) is 24.0 Å². The standard InChI is InChI=1S/C31H42N6O5/c1-20(2)41-24-9-7-22(8-10-24)31(39)35-37-14-12-36(13-15-37)30-25-16-27(40-4)28(17-26(25)33-19-34-30)42-29(21(3)38)23-6-5-11-32-18-23/h7-10,16-17,19-21,23,29,32,38H,5-6,11-15,18H2,1-4H3,(H,35,39). The number of ether oxygens (including phenoxy) is 3. The zero-order valence-corrected chi connectivity index (χ0v) is 24.9. The minimum Gasteiger partial charge on any atom is -0.493 e. The number of hydrogen-bond donors (Lipinski definition) is 3. The Balaban J connectivity index is 1.26. The first-order valence-electron chi connectivity index (χ1n) is 14.8. The lowest BCUT2D eigenvalue weighted by Gasteiger charge is -2.35. The van der Waals surface area contributed by atoms with Gasteiger partial charge < -0.3 is 29.5 Å². The number of nitrogens with zero attached hydrogens (tertiary/aromatic N) is 4. The van der Waals surface area contributed by atoms with Gasteiger partial charge in [0.2, 0.25) is 0 Å². The van der Waals surface area contributed by atoms with Crippen LogP contribution in [0, 0.1) is 5.92 Å². The van der Waals surface area contributed by atoms with Gasteiger partial charge in [-0.05, 0) is 70.5 Å². The van der Waals surface area contributed by atoms with Crippen molar-refractivity contribution in [2.24, 2.45) is 5.92 Å². The summed E-state index contributed by atoms with van der Waals surface area (Å²) in [5.74, 6) is 2.73. The summed E-state index contributed by atoms with van der Waals surface area (Å²) in [6, 6.07) is 11.0. The van der Waals surface area contributed by atoms with Crippen molar-refractivity contribution >= 4 is 22.6 Å². The number of methoxy groups -OCH3 is 1. The fraction of sp³-hybridized carbons (Fsp3) is 0.516. The summed E-state index contributed by atoms with van der Waals surface area (Å²) in [5.41, 5.74) is 4.34. The minimum atomic E-state index is -0.633. The maximum atomic E-state index is 12.8. The van der Waals surface area contributed by atoms with E-state index >= 15 is 0 Å². The van der Waals surface area contributed by atoms with E-state index in [1.54, 1.807) is 32.5 Å². The Kier molecular flexibility index (Phi) is 9.61. The zero-order chi connectivity index (χ0) is 29.6. The van der Waals surface area contributed by atoms with Crippen LogP contribution in [0.4, 0.5) is 5.82 Å². The van der Waals surface area contributed by atoms with Gasteiger partial charge in [0.25, 0.3) is 5.91 Å². The molecule has 1 amide bonds. The molecule has 2 fully saturated rings. The molecule has 3 N–H and O–H groups in total. The van der Waals surface area contributed by atoms with E-state index in [4.69, 9.17) is 14.2 Å². The minimum absolute atomic E-state index is 0.0795. The SMILES string of the molecule is COc1cc2c(N3CCN(NC(=O)c4ccc(OC(C)C)cc4)CC3)ncnc2cc1OC(C(C)O)C1CCCNC1. The molecule has 3 heterocycles. The first-order valence-corrected chi connectivity index (χ1v) is 14.8. The molecule has 3 aromatic rings. The highest BCUT2D eigenvalue weighted by Gasteiger charge is 2.30. The molecule has 2 aliphatic rings. The van der Waals surface area contributed by atoms with Crippen LogP contribution in [-0.2, 0) is 0 Å². The highest BCUT2D eigenvalue weighted by atomic mass is 16.5. The molecule has 5 rings (SSSR count). The Morgan fingerprint density at radius 1 is 1.05 bits per heavy atom. The van der Waals surface area contributed by atoms with Crippen LogP contribution in [0.3, 0.4) is 0 Å². The molecular weight excluding hydrogens is 536 g/mol. The summed E-state index contributed by atoms with van der Waals surface area (Å²) in [6.45, 7) is 10.1. The van der Waals surface area contributed by atoms with Crippen LogP contribution in [0.25, 0.3) is 10.9 Å². The number of hydrogen-bond acceptors (Lipinski definition) is 10. The normalized spacial score (nSPS) is 19.4. The lowest BCUT2D eigenvalue weighted by atomic mass is 9.91. The van der Waals surface area contributed by atoms with E-state index in [2.05, 4.69) is 25.6 Å². The first kappa shape index (κ1) is 29.8. The molecule has 2 saturated heterocycles. The third-order valence-electron chi connectivity index (χ3n) is 7.76. The van der Waals surface area contributed by atoms with Crippen molar-refractivity contribution in [2.75, 3.05) is 51.3 Å². The van der Waals surface area contributed by atoms with Crippen molar-refractivity contribution in [3.63, 3.8) is 0 Å². The Morgan fingerprint density at radius 3 is 2.45 bits per heavy atom. The van der Waals surface area contributed by atoms with E-state index in [0.29, 0.717) is 43.2 Å². The zero-order valence-electron chi connectivity index (χ0n) is 24.9. The summed E-state index contributed by atoms with van der Waals surface area (Å²) in [6.07, 6.45) is 2.70. The molecule has 0 spiro atoms. The molecule has 0 saturated carbocycles. The predicted molar refractivity (Wildman–Crippen MR) is 161 cm³/mol. The maximum absolute atomic E-state index is 12.8. The molecule has 3 atom stereocenters. The molecule has 0 aliphatic carbocycles. The lowest BCUT2D eigenvalue weighted by Crippen LogP contribution is -2.53. The molecule has 2 aliphatic heterocycles. The molecule has 3 unspecified atom stereocenters. The van der Waals surface area contributed by atoms with Crippen LogP contribution in [0.2, 0.25) is 0 Å². The fourth-order valence-corrected chi connectivity index (χ4v) is 5.64. The van der Waals surface area contributed by atoms with Gasteiger partial charge in [0.1, 0.15) is 24.0 Å². The third-order valence-corrected chi connectivity index (χ3v) is 7.76. The van der Waals surface area contributed by atoms with E-state index in [9.17, 15) is 9.90 Å². The van der Waals surface area contributed by atoms with Gasteiger partial charge in [-0.3, -0.25) is 10.2 Å². The average molecular weight is 579 g/mol. The fourth-order valence-electron chi connectivity index (χ4n) is 5.64. The molecule has 0 bridgehead atoms. The number of carbonyl (C=O) groups excluding carboxylic acids is 1. The number of carbonyl (C=O) groups is 1. The number of benzene rings is 2. The van der Waals surface area contributed by atoms with Crippen LogP contribution >= 0.6 is 0 Å².